The van der Waals surface area contributed by atoms with Crippen LogP contribution < -0.4 is 15.4 Å². The molecule has 2 rings (SSSR count). The van der Waals surface area contributed by atoms with Gasteiger partial charge in [0.15, 0.2) is 0 Å². The number of aliphatic hydroxyl groups is 1. The van der Waals surface area contributed by atoms with Crippen LogP contribution in [0.1, 0.15) is 34.3 Å². The number of ether oxygens (including phenoxy) is 1. The van der Waals surface area contributed by atoms with Gasteiger partial charge in [-0.2, -0.15) is 26.3 Å². The van der Waals surface area contributed by atoms with Crippen molar-refractivity contribution in [3.05, 3.63) is 70.9 Å². The number of halogens is 6. The van der Waals surface area contributed by atoms with Crippen LogP contribution in [0.25, 0.3) is 6.08 Å². The van der Waals surface area contributed by atoms with Crippen molar-refractivity contribution >= 4 is 17.9 Å². The van der Waals surface area contributed by atoms with Crippen molar-refractivity contribution < 1.29 is 45.8 Å². The van der Waals surface area contributed by atoms with Crippen molar-refractivity contribution in [3.8, 4) is 5.75 Å². The number of amides is 2. The third-order valence-electron chi connectivity index (χ3n) is 4.43. The van der Waals surface area contributed by atoms with Crippen LogP contribution in [0.5, 0.6) is 5.75 Å². The van der Waals surface area contributed by atoms with E-state index in [0.717, 1.165) is 24.3 Å². The first-order chi connectivity index (χ1) is 16.4. The number of alkyl halides is 6. The van der Waals surface area contributed by atoms with E-state index in [9.17, 15) is 35.9 Å². The number of aliphatic hydroxyl groups excluding tert-OH is 1. The minimum absolute atomic E-state index is 0.0842. The molecule has 0 aliphatic rings. The second kappa shape index (κ2) is 12.2. The first-order valence-corrected chi connectivity index (χ1v) is 10.3. The SMILES string of the molecule is O=C(NCCO)C(=Cc1ccc(C(F)(F)F)cc1)NC(=O)c1ccc(OCCCC(F)(F)F)cc1. The van der Waals surface area contributed by atoms with E-state index in [1.54, 1.807) is 0 Å². The van der Waals surface area contributed by atoms with Gasteiger partial charge in [0, 0.05) is 18.5 Å². The van der Waals surface area contributed by atoms with Gasteiger partial charge in [-0.1, -0.05) is 12.1 Å². The smallest absolute Gasteiger partial charge is 0.416 e. The summed E-state index contributed by atoms with van der Waals surface area (Å²) in [6.45, 7) is -0.673. The number of hydrogen-bond donors (Lipinski definition) is 3. The van der Waals surface area contributed by atoms with Crippen molar-refractivity contribution in [3.63, 3.8) is 0 Å². The Hall–Kier alpha value is -3.54. The lowest BCUT2D eigenvalue weighted by molar-refractivity contribution is -0.138. The van der Waals surface area contributed by atoms with Gasteiger partial charge in [0.2, 0.25) is 0 Å². The maximum atomic E-state index is 12.8. The summed E-state index contributed by atoms with van der Waals surface area (Å²) in [4.78, 5) is 25.0. The standard InChI is InChI=1S/C23H22F6N2O4/c24-22(25,26)10-1-13-35-18-8-4-16(5-9-18)20(33)31-19(21(34)30-11-12-32)14-15-2-6-17(7-3-15)23(27,28)29/h2-9,14,32H,1,10-13H2,(H,30,34)(H,31,33). The van der Waals surface area contributed by atoms with Crippen molar-refractivity contribution in [1.29, 1.82) is 0 Å². The van der Waals surface area contributed by atoms with E-state index in [1.165, 1.54) is 30.3 Å². The Morgan fingerprint density at radius 3 is 2.11 bits per heavy atom. The number of hydrogen-bond acceptors (Lipinski definition) is 4. The Bertz CT molecular complexity index is 1020. The topological polar surface area (TPSA) is 87.7 Å². The summed E-state index contributed by atoms with van der Waals surface area (Å²) >= 11 is 0. The predicted molar refractivity (Wildman–Crippen MR) is 114 cm³/mol. The molecule has 0 bridgehead atoms. The number of carbonyl (C=O) groups excluding carboxylic acids is 2. The van der Waals surface area contributed by atoms with Gasteiger partial charge in [0.25, 0.3) is 11.8 Å². The molecule has 2 aromatic carbocycles. The molecule has 6 nitrogen and oxygen atoms in total. The van der Waals surface area contributed by atoms with Gasteiger partial charge in [0.1, 0.15) is 11.4 Å². The molecule has 2 amide bonds. The van der Waals surface area contributed by atoms with Crippen molar-refractivity contribution in [1.82, 2.24) is 10.6 Å². The number of rotatable bonds is 10. The Labute approximate surface area is 196 Å². The van der Waals surface area contributed by atoms with Crippen molar-refractivity contribution in [2.45, 2.75) is 25.2 Å². The van der Waals surface area contributed by atoms with Crippen LogP contribution in [0.15, 0.2) is 54.2 Å². The highest BCUT2D eigenvalue weighted by atomic mass is 19.4. The zero-order chi connectivity index (χ0) is 26.1. The van der Waals surface area contributed by atoms with Crippen LogP contribution in [0.4, 0.5) is 26.3 Å². The Kier molecular flexibility index (Phi) is 9.69. The van der Waals surface area contributed by atoms with Gasteiger partial charge < -0.3 is 20.5 Å². The lowest BCUT2D eigenvalue weighted by Crippen LogP contribution is -2.36. The van der Waals surface area contributed by atoms with Crippen LogP contribution in [0, 0.1) is 0 Å². The quantitative estimate of drug-likeness (QED) is 0.256. The highest BCUT2D eigenvalue weighted by molar-refractivity contribution is 6.05. The van der Waals surface area contributed by atoms with E-state index in [1.807, 2.05) is 0 Å². The van der Waals surface area contributed by atoms with Crippen LogP contribution in [-0.4, -0.2) is 42.9 Å². The number of nitrogens with one attached hydrogen (secondary N) is 2. The number of benzene rings is 2. The van der Waals surface area contributed by atoms with E-state index in [2.05, 4.69) is 10.6 Å². The average Bonchev–Trinajstić information content (AvgIpc) is 2.79. The molecule has 3 N–H and O–H groups in total. The molecule has 35 heavy (non-hydrogen) atoms. The zero-order valence-corrected chi connectivity index (χ0v) is 18.2. The lowest BCUT2D eigenvalue weighted by Gasteiger charge is -2.12. The Morgan fingerprint density at radius 2 is 1.57 bits per heavy atom. The molecule has 2 aromatic rings. The molecule has 12 heteroatoms. The Balaban J connectivity index is 2.10. The number of carbonyl (C=O) groups is 2. The first kappa shape index (κ1) is 27.7. The fourth-order valence-electron chi connectivity index (χ4n) is 2.72. The molecule has 0 aliphatic carbocycles. The van der Waals surface area contributed by atoms with E-state index >= 15 is 0 Å². The zero-order valence-electron chi connectivity index (χ0n) is 18.2. The third-order valence-corrected chi connectivity index (χ3v) is 4.43. The molecule has 0 aliphatic heterocycles. The van der Waals surface area contributed by atoms with Crippen molar-refractivity contribution in [2.75, 3.05) is 19.8 Å². The minimum Gasteiger partial charge on any atom is -0.494 e. The van der Waals surface area contributed by atoms with Crippen molar-refractivity contribution in [2.24, 2.45) is 0 Å². The Morgan fingerprint density at radius 1 is 0.943 bits per heavy atom. The third kappa shape index (κ3) is 9.69. The maximum Gasteiger partial charge on any atom is 0.416 e. The fourth-order valence-corrected chi connectivity index (χ4v) is 2.72. The predicted octanol–water partition coefficient (Wildman–Crippen LogP) is 4.31. The van der Waals surface area contributed by atoms with E-state index in [-0.39, 0.29) is 48.8 Å². The summed E-state index contributed by atoms with van der Waals surface area (Å²) in [5.41, 5.74) is -0.877. The largest absolute Gasteiger partial charge is 0.494 e. The van der Waals surface area contributed by atoms with E-state index < -0.39 is 36.2 Å². The van der Waals surface area contributed by atoms with Crippen LogP contribution >= 0.6 is 0 Å². The summed E-state index contributed by atoms with van der Waals surface area (Å²) in [5.74, 6) is -1.27. The molecule has 0 aromatic heterocycles. The van der Waals surface area contributed by atoms with Gasteiger partial charge in [0.05, 0.1) is 18.8 Å². The molecule has 0 saturated carbocycles. The summed E-state index contributed by atoms with van der Waals surface area (Å²) in [6, 6.07) is 9.29. The molecule has 0 heterocycles. The normalized spacial score (nSPS) is 12.3. The molecule has 190 valence electrons. The molecule has 0 fully saturated rings. The molecular formula is C23H22F6N2O4. The van der Waals surface area contributed by atoms with Gasteiger partial charge >= 0.3 is 12.4 Å². The van der Waals surface area contributed by atoms with Crippen LogP contribution in [0.2, 0.25) is 0 Å². The molecule has 0 spiro atoms. The summed E-state index contributed by atoms with van der Waals surface area (Å²) in [7, 11) is 0. The van der Waals surface area contributed by atoms with Gasteiger partial charge in [-0.15, -0.1) is 0 Å². The monoisotopic (exact) mass is 504 g/mol. The van der Waals surface area contributed by atoms with Crippen LogP contribution in [-0.2, 0) is 11.0 Å². The van der Waals surface area contributed by atoms with Gasteiger partial charge in [-0.05, 0) is 54.5 Å². The maximum absolute atomic E-state index is 12.8. The van der Waals surface area contributed by atoms with E-state index in [4.69, 9.17) is 9.84 Å². The molecule has 0 atom stereocenters. The summed E-state index contributed by atoms with van der Waals surface area (Å²) in [6.07, 6.45) is -8.86. The highest BCUT2D eigenvalue weighted by Crippen LogP contribution is 2.29. The lowest BCUT2D eigenvalue weighted by atomic mass is 10.1. The van der Waals surface area contributed by atoms with Crippen LogP contribution in [0.3, 0.4) is 0 Å². The minimum atomic E-state index is -4.54. The summed E-state index contributed by atoms with van der Waals surface area (Å²) in [5, 5.41) is 13.6. The average molecular weight is 504 g/mol. The highest BCUT2D eigenvalue weighted by Gasteiger charge is 2.30. The fraction of sp³-hybridized carbons (Fsp3) is 0.304. The molecular weight excluding hydrogens is 482 g/mol. The van der Waals surface area contributed by atoms with Gasteiger partial charge in [-0.3, -0.25) is 9.59 Å². The molecule has 0 saturated heterocycles. The second-order valence-electron chi connectivity index (χ2n) is 7.20. The summed E-state index contributed by atoms with van der Waals surface area (Å²) < 4.78 is 80.0. The molecule has 0 radical (unpaired) electrons. The second-order valence-corrected chi connectivity index (χ2v) is 7.20. The molecule has 0 unspecified atom stereocenters. The van der Waals surface area contributed by atoms with Gasteiger partial charge in [-0.25, -0.2) is 0 Å². The van der Waals surface area contributed by atoms with E-state index in [0.29, 0.717) is 0 Å². The first-order valence-electron chi connectivity index (χ1n) is 10.3.